The molecule has 0 aliphatic carbocycles. The van der Waals surface area contributed by atoms with Gasteiger partial charge >= 0.3 is 0 Å². The number of hydrogen-bond donors (Lipinski definition) is 1. The van der Waals surface area contributed by atoms with E-state index in [1.807, 2.05) is 19.1 Å². The molecule has 0 aromatic heterocycles. The fourth-order valence-electron chi connectivity index (χ4n) is 3.04. The minimum atomic E-state index is -0.584. The van der Waals surface area contributed by atoms with Crippen LogP contribution in [0.1, 0.15) is 30.0 Å². The summed E-state index contributed by atoms with van der Waals surface area (Å²) in [5, 5.41) is 3.61. The summed E-state index contributed by atoms with van der Waals surface area (Å²) in [5.74, 6) is 0.683. The molecule has 0 saturated carbocycles. The molecule has 4 nitrogen and oxygen atoms in total. The van der Waals surface area contributed by atoms with Crippen molar-refractivity contribution < 1.29 is 9.59 Å². The molecular weight excluding hydrogens is 427 g/mol. The molecule has 0 bridgehead atoms. The van der Waals surface area contributed by atoms with Crippen LogP contribution < -0.4 is 5.32 Å². The molecule has 2 aromatic rings. The van der Waals surface area contributed by atoms with Gasteiger partial charge in [0.1, 0.15) is 6.04 Å². The molecule has 1 unspecified atom stereocenters. The van der Waals surface area contributed by atoms with Gasteiger partial charge in [-0.1, -0.05) is 60.5 Å². The monoisotopic (exact) mass is 452 g/mol. The summed E-state index contributed by atoms with van der Waals surface area (Å²) < 4.78 is 0. The lowest BCUT2D eigenvalue weighted by Crippen LogP contribution is -2.48. The molecule has 0 fully saturated rings. The van der Waals surface area contributed by atoms with Gasteiger partial charge in [-0.2, -0.15) is 0 Å². The first kappa shape index (κ1) is 23.6. The van der Waals surface area contributed by atoms with Gasteiger partial charge in [-0.3, -0.25) is 9.59 Å². The molecule has 29 heavy (non-hydrogen) atoms. The quantitative estimate of drug-likeness (QED) is 0.576. The smallest absolute Gasteiger partial charge is 0.242 e. The molecule has 0 aliphatic rings. The molecule has 2 aromatic carbocycles. The van der Waals surface area contributed by atoms with E-state index in [1.165, 1.54) is 22.9 Å². The van der Waals surface area contributed by atoms with Crippen LogP contribution in [0.25, 0.3) is 0 Å². The highest BCUT2D eigenvalue weighted by Crippen LogP contribution is 2.27. The number of hydrogen-bond acceptors (Lipinski definition) is 3. The zero-order valence-electron chi connectivity index (χ0n) is 16.9. The third-order valence-corrected chi connectivity index (χ3v) is 6.44. The van der Waals surface area contributed by atoms with Gasteiger partial charge in [-0.25, -0.2) is 0 Å². The molecule has 0 spiro atoms. The summed E-state index contributed by atoms with van der Waals surface area (Å²) in [5.41, 5.74) is 3.05. The Bertz CT molecular complexity index is 840. The molecule has 0 aliphatic heterocycles. The highest BCUT2D eigenvalue weighted by molar-refractivity contribution is 7.99. The number of carbonyl (C=O) groups excluding carboxylic acids is 2. The number of rotatable bonds is 9. The average Bonchev–Trinajstić information content (AvgIpc) is 2.71. The summed E-state index contributed by atoms with van der Waals surface area (Å²) in [6.07, 6.45) is 0.496. The minimum absolute atomic E-state index is 0.116. The Morgan fingerprint density at radius 2 is 1.76 bits per heavy atom. The van der Waals surface area contributed by atoms with Gasteiger partial charge in [-0.05, 0) is 36.6 Å². The fraction of sp³-hybridized carbons (Fsp3) is 0.364. The van der Waals surface area contributed by atoms with Crippen LogP contribution in [0.3, 0.4) is 0 Å². The maximum absolute atomic E-state index is 13.1. The highest BCUT2D eigenvalue weighted by Gasteiger charge is 2.29. The van der Waals surface area contributed by atoms with Gasteiger partial charge in [0, 0.05) is 35.0 Å². The van der Waals surface area contributed by atoms with Crippen LogP contribution in [0.15, 0.2) is 42.5 Å². The fourth-order valence-corrected chi connectivity index (χ4v) is 4.55. The van der Waals surface area contributed by atoms with Gasteiger partial charge in [0.25, 0.3) is 0 Å². The lowest BCUT2D eigenvalue weighted by molar-refractivity contribution is -0.139. The molecular formula is C22H26Cl2N2O2S. The second-order valence-corrected chi connectivity index (χ2v) is 8.48. The maximum atomic E-state index is 13.1. The molecule has 1 atom stereocenters. The number of amides is 2. The largest absolute Gasteiger partial charge is 0.357 e. The van der Waals surface area contributed by atoms with E-state index in [1.54, 1.807) is 30.1 Å². The molecule has 2 rings (SSSR count). The van der Waals surface area contributed by atoms with E-state index >= 15 is 0 Å². The number of nitrogens with zero attached hydrogens (tertiary/aromatic N) is 1. The summed E-state index contributed by atoms with van der Waals surface area (Å²) in [7, 11) is 1.57. The third-order valence-electron chi connectivity index (χ3n) is 4.77. The Balaban J connectivity index is 2.18. The number of benzene rings is 2. The Kier molecular flexibility index (Phi) is 9.34. The molecule has 1 N–H and O–H groups in total. The zero-order chi connectivity index (χ0) is 21.4. The lowest BCUT2D eigenvalue weighted by Gasteiger charge is -2.30. The van der Waals surface area contributed by atoms with Crippen LogP contribution in [-0.4, -0.2) is 35.6 Å². The van der Waals surface area contributed by atoms with E-state index in [4.69, 9.17) is 23.2 Å². The first-order valence-corrected chi connectivity index (χ1v) is 11.4. The van der Waals surface area contributed by atoms with Crippen molar-refractivity contribution in [3.05, 3.63) is 69.2 Å². The van der Waals surface area contributed by atoms with Crippen molar-refractivity contribution in [3.63, 3.8) is 0 Å². The van der Waals surface area contributed by atoms with E-state index in [-0.39, 0.29) is 24.1 Å². The van der Waals surface area contributed by atoms with E-state index in [0.29, 0.717) is 22.0 Å². The van der Waals surface area contributed by atoms with Crippen molar-refractivity contribution in [1.82, 2.24) is 10.2 Å². The van der Waals surface area contributed by atoms with Crippen molar-refractivity contribution >= 4 is 46.8 Å². The standard InChI is InChI=1S/C22H26Cl2N2O2S/c1-4-20(22(28)25-3)26(12-17-18(23)10-7-11-19(17)24)21(27)14-29-13-16-9-6-5-8-15(16)2/h5-11,20H,4,12-14H2,1-3H3,(H,25,28). The third kappa shape index (κ3) is 6.39. The maximum Gasteiger partial charge on any atom is 0.242 e. The molecule has 7 heteroatoms. The predicted octanol–water partition coefficient (Wildman–Crippen LogP) is 5.09. The Morgan fingerprint density at radius 3 is 2.34 bits per heavy atom. The topological polar surface area (TPSA) is 49.4 Å². The van der Waals surface area contributed by atoms with Gasteiger partial charge in [0.15, 0.2) is 0 Å². The van der Waals surface area contributed by atoms with Crippen LogP contribution in [0.2, 0.25) is 10.0 Å². The van der Waals surface area contributed by atoms with Crippen molar-refractivity contribution in [1.29, 1.82) is 0 Å². The van der Waals surface area contributed by atoms with Crippen LogP contribution in [0, 0.1) is 6.92 Å². The molecule has 0 heterocycles. The molecule has 0 radical (unpaired) electrons. The normalized spacial score (nSPS) is 11.8. The van der Waals surface area contributed by atoms with E-state index < -0.39 is 6.04 Å². The van der Waals surface area contributed by atoms with Crippen LogP contribution in [0.5, 0.6) is 0 Å². The zero-order valence-corrected chi connectivity index (χ0v) is 19.2. The van der Waals surface area contributed by atoms with E-state index in [0.717, 1.165) is 5.75 Å². The van der Waals surface area contributed by atoms with Gasteiger partial charge in [0.2, 0.25) is 11.8 Å². The number of halogens is 2. The van der Waals surface area contributed by atoms with Crippen molar-refractivity contribution in [2.24, 2.45) is 0 Å². The van der Waals surface area contributed by atoms with Gasteiger partial charge in [-0.15, -0.1) is 11.8 Å². The molecule has 156 valence electrons. The van der Waals surface area contributed by atoms with Gasteiger partial charge < -0.3 is 10.2 Å². The molecule has 0 saturated heterocycles. The number of thioether (sulfide) groups is 1. The lowest BCUT2D eigenvalue weighted by atomic mass is 10.1. The minimum Gasteiger partial charge on any atom is -0.357 e. The molecule has 2 amide bonds. The summed E-state index contributed by atoms with van der Waals surface area (Å²) in [6.45, 7) is 4.13. The number of aryl methyl sites for hydroxylation is 1. The highest BCUT2D eigenvalue weighted by atomic mass is 35.5. The van der Waals surface area contributed by atoms with E-state index in [9.17, 15) is 9.59 Å². The summed E-state index contributed by atoms with van der Waals surface area (Å²) in [4.78, 5) is 27.1. The first-order valence-electron chi connectivity index (χ1n) is 9.45. The van der Waals surface area contributed by atoms with Gasteiger partial charge in [0.05, 0.1) is 5.75 Å². The second kappa shape index (κ2) is 11.5. The average molecular weight is 453 g/mol. The van der Waals surface area contributed by atoms with Crippen LogP contribution in [0.4, 0.5) is 0 Å². The first-order chi connectivity index (χ1) is 13.9. The van der Waals surface area contributed by atoms with Crippen LogP contribution in [-0.2, 0) is 21.9 Å². The predicted molar refractivity (Wildman–Crippen MR) is 122 cm³/mol. The number of nitrogens with one attached hydrogen (secondary N) is 1. The van der Waals surface area contributed by atoms with Crippen molar-refractivity contribution in [2.45, 2.75) is 38.6 Å². The number of likely N-dealkylation sites (N-methyl/N-ethyl adjacent to an activating group) is 1. The van der Waals surface area contributed by atoms with E-state index in [2.05, 4.69) is 24.4 Å². The Hall–Kier alpha value is -1.69. The SMILES string of the molecule is CCC(C(=O)NC)N(Cc1c(Cl)cccc1Cl)C(=O)CSCc1ccccc1C. The second-order valence-electron chi connectivity index (χ2n) is 6.68. The Morgan fingerprint density at radius 1 is 1.10 bits per heavy atom. The van der Waals surface area contributed by atoms with Crippen molar-refractivity contribution in [2.75, 3.05) is 12.8 Å². The van der Waals surface area contributed by atoms with Crippen molar-refractivity contribution in [3.8, 4) is 0 Å². The number of carbonyl (C=O) groups is 2. The summed E-state index contributed by atoms with van der Waals surface area (Å²) >= 11 is 14.2. The summed E-state index contributed by atoms with van der Waals surface area (Å²) in [6, 6.07) is 12.8. The Labute approximate surface area is 187 Å². The van der Waals surface area contributed by atoms with Crippen LogP contribution >= 0.6 is 35.0 Å².